The molecule has 0 atom stereocenters. The lowest BCUT2D eigenvalue weighted by atomic mass is 10.1. The number of benzene rings is 2. The maximum atomic E-state index is 12.9. The smallest absolute Gasteiger partial charge is 0.271 e. The first-order chi connectivity index (χ1) is 17.9. The predicted octanol–water partition coefficient (Wildman–Crippen LogP) is 5.08. The first-order valence-corrected chi connectivity index (χ1v) is 12.8. The normalized spacial score (nSPS) is 11.8. The Morgan fingerprint density at radius 1 is 0.632 bits per heavy atom. The van der Waals surface area contributed by atoms with Crippen LogP contribution in [0.25, 0.3) is 22.5 Å². The molecule has 198 valence electrons. The van der Waals surface area contributed by atoms with E-state index in [2.05, 4.69) is 20.8 Å². The summed E-state index contributed by atoms with van der Waals surface area (Å²) in [5.41, 5.74) is 3.81. The molecule has 38 heavy (non-hydrogen) atoms. The molecule has 0 unspecified atom stereocenters. The van der Waals surface area contributed by atoms with Gasteiger partial charge in [0.05, 0.1) is 22.5 Å². The second-order valence-corrected chi connectivity index (χ2v) is 11.2. The molecule has 0 saturated carbocycles. The van der Waals surface area contributed by atoms with Crippen LogP contribution in [-0.2, 0) is 11.1 Å². The van der Waals surface area contributed by atoms with Crippen LogP contribution in [0.2, 0.25) is 0 Å². The summed E-state index contributed by atoms with van der Waals surface area (Å²) >= 11 is 0. The van der Waals surface area contributed by atoms with E-state index in [9.17, 15) is 9.59 Å². The highest BCUT2D eigenvalue weighted by molar-refractivity contribution is 5.94. The van der Waals surface area contributed by atoms with Crippen molar-refractivity contribution in [2.75, 3.05) is 13.1 Å². The average Bonchev–Trinajstić information content (AvgIpc) is 3.53. The monoisotopic (exact) mass is 512 g/mol. The minimum atomic E-state index is -0.299. The molecule has 2 aromatic heterocycles. The first-order valence-electron chi connectivity index (χ1n) is 12.8. The minimum Gasteiger partial charge on any atom is -0.349 e. The third-order valence-electron chi connectivity index (χ3n) is 5.99. The second kappa shape index (κ2) is 10.7. The van der Waals surface area contributed by atoms with Crippen molar-refractivity contribution in [2.45, 2.75) is 52.6 Å². The van der Waals surface area contributed by atoms with Crippen LogP contribution in [0.5, 0.6) is 0 Å². The van der Waals surface area contributed by atoms with Crippen molar-refractivity contribution in [3.05, 3.63) is 84.2 Å². The van der Waals surface area contributed by atoms with Crippen molar-refractivity contribution in [2.24, 2.45) is 0 Å². The molecule has 4 rings (SSSR count). The number of hydrogen-bond acceptors (Lipinski definition) is 4. The molecule has 0 aliphatic heterocycles. The maximum Gasteiger partial charge on any atom is 0.271 e. The first kappa shape index (κ1) is 26.9. The van der Waals surface area contributed by atoms with Gasteiger partial charge in [0, 0.05) is 13.1 Å². The number of carbonyl (C=O) groups excluding carboxylic acids is 2. The van der Waals surface area contributed by atoms with Gasteiger partial charge in [-0.1, -0.05) is 60.7 Å². The topological polar surface area (TPSA) is 93.8 Å². The van der Waals surface area contributed by atoms with Gasteiger partial charge in [-0.05, 0) is 64.8 Å². The SMILES string of the molecule is CC(C)(C)n1nc(C(=O)NCCNC(=O)c2cc(-c3ccccc3)n(C(C)(C)C)n2)cc1-c1ccccc1. The van der Waals surface area contributed by atoms with E-state index in [1.54, 1.807) is 12.1 Å². The summed E-state index contributed by atoms with van der Waals surface area (Å²) in [6.45, 7) is 12.8. The van der Waals surface area contributed by atoms with E-state index in [0.717, 1.165) is 22.5 Å². The van der Waals surface area contributed by atoms with Crippen molar-refractivity contribution in [1.29, 1.82) is 0 Å². The summed E-state index contributed by atoms with van der Waals surface area (Å²) in [4.78, 5) is 25.8. The molecule has 2 N–H and O–H groups in total. The quantitative estimate of drug-likeness (QED) is 0.338. The summed E-state index contributed by atoms with van der Waals surface area (Å²) in [5.74, 6) is -0.578. The zero-order chi connectivity index (χ0) is 27.5. The zero-order valence-electron chi connectivity index (χ0n) is 22.9. The lowest BCUT2D eigenvalue weighted by Gasteiger charge is -2.22. The Morgan fingerprint density at radius 2 is 0.974 bits per heavy atom. The van der Waals surface area contributed by atoms with Crippen molar-refractivity contribution >= 4 is 11.8 Å². The summed E-state index contributed by atoms with van der Waals surface area (Å²) in [5, 5.41) is 14.9. The Hall–Kier alpha value is -4.20. The molecule has 2 aromatic carbocycles. The summed E-state index contributed by atoms with van der Waals surface area (Å²) in [6, 6.07) is 23.4. The number of amides is 2. The molecular formula is C30H36N6O2. The molecule has 0 radical (unpaired) electrons. The van der Waals surface area contributed by atoms with Crippen molar-refractivity contribution in [3.8, 4) is 22.5 Å². The summed E-state index contributed by atoms with van der Waals surface area (Å²) in [7, 11) is 0. The molecule has 4 aromatic rings. The Labute approximate surface area is 224 Å². The van der Waals surface area contributed by atoms with Crippen LogP contribution >= 0.6 is 0 Å². The number of carbonyl (C=O) groups is 2. The number of nitrogens with zero attached hydrogens (tertiary/aromatic N) is 4. The third kappa shape index (κ3) is 6.02. The Bertz CT molecular complexity index is 1300. The number of hydrogen-bond donors (Lipinski definition) is 2. The van der Waals surface area contributed by atoms with E-state index in [-0.39, 0.29) is 36.0 Å². The van der Waals surface area contributed by atoms with Gasteiger partial charge in [-0.15, -0.1) is 0 Å². The zero-order valence-corrected chi connectivity index (χ0v) is 22.9. The summed E-state index contributed by atoms with van der Waals surface area (Å²) < 4.78 is 3.74. The van der Waals surface area contributed by atoms with Crippen LogP contribution < -0.4 is 10.6 Å². The largest absolute Gasteiger partial charge is 0.349 e. The lowest BCUT2D eigenvalue weighted by Crippen LogP contribution is -2.35. The van der Waals surface area contributed by atoms with E-state index in [1.807, 2.05) is 112 Å². The third-order valence-corrected chi connectivity index (χ3v) is 5.99. The molecule has 0 spiro atoms. The van der Waals surface area contributed by atoms with Gasteiger partial charge < -0.3 is 10.6 Å². The molecule has 8 heteroatoms. The van der Waals surface area contributed by atoms with Crippen LogP contribution in [0.15, 0.2) is 72.8 Å². The van der Waals surface area contributed by atoms with Crippen LogP contribution in [0.3, 0.4) is 0 Å². The van der Waals surface area contributed by atoms with Gasteiger partial charge in [0.2, 0.25) is 0 Å². The molecule has 0 fully saturated rings. The number of aromatic nitrogens is 4. The molecule has 2 heterocycles. The lowest BCUT2D eigenvalue weighted by molar-refractivity contribution is 0.0921. The van der Waals surface area contributed by atoms with Crippen LogP contribution in [0, 0.1) is 0 Å². The van der Waals surface area contributed by atoms with Gasteiger partial charge in [-0.3, -0.25) is 19.0 Å². The average molecular weight is 513 g/mol. The molecule has 8 nitrogen and oxygen atoms in total. The molecule has 0 bridgehead atoms. The van der Waals surface area contributed by atoms with Crippen LogP contribution in [0.1, 0.15) is 62.5 Å². The summed E-state index contributed by atoms with van der Waals surface area (Å²) in [6.07, 6.45) is 0. The minimum absolute atomic E-state index is 0.263. The Balaban J connectivity index is 1.41. The van der Waals surface area contributed by atoms with E-state index in [0.29, 0.717) is 11.4 Å². The fraction of sp³-hybridized carbons (Fsp3) is 0.333. The van der Waals surface area contributed by atoms with E-state index < -0.39 is 0 Å². The van der Waals surface area contributed by atoms with Gasteiger partial charge in [-0.2, -0.15) is 10.2 Å². The van der Waals surface area contributed by atoms with E-state index >= 15 is 0 Å². The highest BCUT2D eigenvalue weighted by atomic mass is 16.2. The molecule has 0 aliphatic carbocycles. The van der Waals surface area contributed by atoms with E-state index in [4.69, 9.17) is 0 Å². The van der Waals surface area contributed by atoms with Gasteiger partial charge in [0.1, 0.15) is 0 Å². The number of rotatable bonds is 7. The van der Waals surface area contributed by atoms with Crippen LogP contribution in [0.4, 0.5) is 0 Å². The van der Waals surface area contributed by atoms with Gasteiger partial charge in [0.25, 0.3) is 11.8 Å². The standard InChI is InChI=1S/C30H36N6O2/c1-29(2,3)35-25(21-13-9-7-10-14-21)19-23(33-35)27(37)31-17-18-32-28(38)24-20-26(22-15-11-8-12-16-22)36(34-24)30(4,5)6/h7-16,19-20H,17-18H2,1-6H3,(H,31,37)(H,32,38). The van der Waals surface area contributed by atoms with Gasteiger partial charge >= 0.3 is 0 Å². The fourth-order valence-electron chi connectivity index (χ4n) is 4.17. The second-order valence-electron chi connectivity index (χ2n) is 11.2. The maximum absolute atomic E-state index is 12.9. The molecule has 2 amide bonds. The molecule has 0 aliphatic rings. The van der Waals surface area contributed by atoms with Gasteiger partial charge in [0.15, 0.2) is 11.4 Å². The molecular weight excluding hydrogens is 476 g/mol. The fourth-order valence-corrected chi connectivity index (χ4v) is 4.17. The van der Waals surface area contributed by atoms with Crippen molar-refractivity contribution in [3.63, 3.8) is 0 Å². The van der Waals surface area contributed by atoms with E-state index in [1.165, 1.54) is 0 Å². The highest BCUT2D eigenvalue weighted by Crippen LogP contribution is 2.27. The Kier molecular flexibility index (Phi) is 7.53. The number of nitrogens with one attached hydrogen (secondary N) is 2. The van der Waals surface area contributed by atoms with Crippen LogP contribution in [-0.4, -0.2) is 44.5 Å². The Morgan fingerprint density at radius 3 is 1.29 bits per heavy atom. The highest BCUT2D eigenvalue weighted by Gasteiger charge is 2.24. The predicted molar refractivity (Wildman–Crippen MR) is 150 cm³/mol. The van der Waals surface area contributed by atoms with Gasteiger partial charge in [-0.25, -0.2) is 0 Å². The van der Waals surface area contributed by atoms with Crippen molar-refractivity contribution < 1.29 is 9.59 Å². The molecule has 0 saturated heterocycles. The van der Waals surface area contributed by atoms with Crippen molar-refractivity contribution in [1.82, 2.24) is 30.2 Å².